The lowest BCUT2D eigenvalue weighted by Crippen LogP contribution is -1.97. The van der Waals surface area contributed by atoms with Crippen LogP contribution in [0, 0.1) is 0 Å². The van der Waals surface area contributed by atoms with E-state index in [-0.39, 0.29) is 0 Å². The Morgan fingerprint density at radius 2 is 0.714 bits per heavy atom. The molecule has 0 aromatic heterocycles. The van der Waals surface area contributed by atoms with Crippen molar-refractivity contribution in [2.75, 3.05) is 5.90 Å². The Hall–Kier alpha value is -1.12. The molecule has 35 heavy (non-hydrogen) atoms. The molecule has 180 valence electrons. The molecule has 0 amide bonds. The Morgan fingerprint density at radius 3 is 1.03 bits per heavy atom. The summed E-state index contributed by atoms with van der Waals surface area (Å²) in [5.74, 6) is 3.08. The average molecular weight is 571 g/mol. The molecule has 6 heteroatoms. The van der Waals surface area contributed by atoms with Gasteiger partial charge in [-0.05, 0) is 11.1 Å². The highest BCUT2D eigenvalue weighted by Crippen LogP contribution is 2.71. The van der Waals surface area contributed by atoms with Crippen LogP contribution in [-0.2, 0) is 45.7 Å². The van der Waals surface area contributed by atoms with Gasteiger partial charge in [-0.1, -0.05) is 146 Å². The molecule has 4 aromatic carbocycles. The standard InChI is InChI=1S/C29H32P2S4/c32-30(21-26-13-5-1-6-14-26,34-23-28-17-9-3-10-18-28)25-31(33,22-27-15-7-2-8-16-27)35-24-29-19-11-4-12-20-29/h1-20,32-33H,21-25H2/q+2. The first kappa shape index (κ1) is 26.9. The van der Waals surface area contributed by atoms with E-state index in [2.05, 4.69) is 143 Å². The van der Waals surface area contributed by atoms with Crippen molar-refractivity contribution in [1.29, 1.82) is 0 Å². The zero-order chi connectivity index (χ0) is 24.4. The first-order chi connectivity index (χ1) is 17.0. The van der Waals surface area contributed by atoms with Crippen molar-refractivity contribution in [2.24, 2.45) is 0 Å². The van der Waals surface area contributed by atoms with E-state index in [1.165, 1.54) is 22.3 Å². The third-order valence-electron chi connectivity index (χ3n) is 5.62. The Bertz CT molecular complexity index is 1190. The van der Waals surface area contributed by atoms with Crippen LogP contribution in [0.1, 0.15) is 22.3 Å². The van der Waals surface area contributed by atoms with Gasteiger partial charge in [0.1, 0.15) is 5.90 Å². The molecule has 0 spiro atoms. The normalized spacial score (nSPS) is 14.5. The van der Waals surface area contributed by atoms with Gasteiger partial charge in [-0.2, -0.15) is 0 Å². The minimum absolute atomic E-state index is 0.993. The van der Waals surface area contributed by atoms with Crippen LogP contribution in [0.5, 0.6) is 0 Å². The van der Waals surface area contributed by atoms with Crippen LogP contribution in [0.3, 0.4) is 0 Å². The second kappa shape index (κ2) is 13.4. The van der Waals surface area contributed by atoms with Gasteiger partial charge in [0, 0.05) is 23.5 Å². The Balaban J connectivity index is 1.70. The number of thiol groups is 2. The topological polar surface area (TPSA) is 0 Å². The molecule has 0 aliphatic carbocycles. The van der Waals surface area contributed by atoms with E-state index in [0.29, 0.717) is 0 Å². The predicted octanol–water partition coefficient (Wildman–Crippen LogP) is 9.46. The van der Waals surface area contributed by atoms with Gasteiger partial charge in [0.25, 0.3) is 0 Å². The monoisotopic (exact) mass is 570 g/mol. The lowest BCUT2D eigenvalue weighted by Gasteiger charge is -2.16. The molecule has 0 bridgehead atoms. The van der Waals surface area contributed by atoms with Gasteiger partial charge in [-0.15, -0.1) is 0 Å². The summed E-state index contributed by atoms with van der Waals surface area (Å²) in [7, 11) is 4.14. The highest BCUT2D eigenvalue weighted by Gasteiger charge is 2.38. The molecule has 0 N–H and O–H groups in total. The van der Waals surface area contributed by atoms with Crippen LogP contribution in [-0.4, -0.2) is 5.90 Å². The van der Waals surface area contributed by atoms with E-state index < -0.39 is 10.5 Å². The van der Waals surface area contributed by atoms with E-state index in [9.17, 15) is 0 Å². The molecule has 2 unspecified atom stereocenters. The van der Waals surface area contributed by atoms with Gasteiger partial charge in [0.05, 0.1) is 0 Å². The average Bonchev–Trinajstić information content (AvgIpc) is 2.89. The van der Waals surface area contributed by atoms with Gasteiger partial charge in [0.15, 0.2) is 43.9 Å². The van der Waals surface area contributed by atoms with Crippen LogP contribution in [0.2, 0.25) is 0 Å². The second-order valence-corrected chi connectivity index (χ2v) is 26.8. The first-order valence-electron chi connectivity index (χ1n) is 11.7. The van der Waals surface area contributed by atoms with E-state index in [0.717, 1.165) is 29.7 Å². The molecule has 2 atom stereocenters. The van der Waals surface area contributed by atoms with Gasteiger partial charge in [0.2, 0.25) is 0 Å². The Kier molecular flexibility index (Phi) is 10.3. The van der Waals surface area contributed by atoms with E-state index >= 15 is 0 Å². The highest BCUT2D eigenvalue weighted by atomic mass is 32.9. The number of hydrogen-bond acceptors (Lipinski definition) is 0. The molecule has 0 fully saturated rings. The number of rotatable bonds is 10. The van der Waals surface area contributed by atoms with Gasteiger partial charge >= 0.3 is 0 Å². The van der Waals surface area contributed by atoms with Gasteiger partial charge in [-0.25, -0.2) is 0 Å². The summed E-state index contributed by atoms with van der Waals surface area (Å²) in [4.78, 5) is 0. The lowest BCUT2D eigenvalue weighted by molar-refractivity contribution is 1.39. The maximum absolute atomic E-state index is 5.54. The SMILES string of the molecule is SP(Cc1ccccc1)(CP(S)(Cc1ccccc1)=[S+]Cc1ccccc1)=[S+]Cc1ccccc1. The summed E-state index contributed by atoms with van der Waals surface area (Å²) in [6.07, 6.45) is 2.05. The minimum Gasteiger partial charge on any atom is -0.0964 e. The molecule has 0 heterocycles. The van der Waals surface area contributed by atoms with Gasteiger partial charge in [-0.3, -0.25) is 0 Å². The minimum atomic E-state index is -1.67. The van der Waals surface area contributed by atoms with Crippen LogP contribution < -0.4 is 0 Å². The second-order valence-electron chi connectivity index (χ2n) is 8.64. The molecular weight excluding hydrogens is 539 g/mol. The van der Waals surface area contributed by atoms with Crippen molar-refractivity contribution in [1.82, 2.24) is 0 Å². The van der Waals surface area contributed by atoms with Gasteiger partial charge < -0.3 is 0 Å². The summed E-state index contributed by atoms with van der Waals surface area (Å²) >= 11 is 11.1. The fourth-order valence-electron chi connectivity index (χ4n) is 3.89. The summed E-state index contributed by atoms with van der Waals surface area (Å²) in [6, 6.07) is 43.4. The molecular formula is C29H32P2S4+2. The zero-order valence-electron chi connectivity index (χ0n) is 19.7. The van der Waals surface area contributed by atoms with Crippen molar-refractivity contribution in [3.8, 4) is 0 Å². The zero-order valence-corrected chi connectivity index (χ0v) is 24.9. The fourth-order valence-corrected chi connectivity index (χ4v) is 28.8. The Labute approximate surface area is 228 Å². The predicted molar refractivity (Wildman–Crippen MR) is 172 cm³/mol. The molecule has 4 aromatic rings. The maximum Gasteiger partial charge on any atom is 0.197 e. The number of benzene rings is 4. The largest absolute Gasteiger partial charge is 0.197 e. The van der Waals surface area contributed by atoms with Crippen molar-refractivity contribution in [3.63, 3.8) is 0 Å². The van der Waals surface area contributed by atoms with E-state index in [1.54, 1.807) is 0 Å². The van der Waals surface area contributed by atoms with E-state index in [4.69, 9.17) is 24.5 Å². The highest BCUT2D eigenvalue weighted by molar-refractivity contribution is 8.73. The summed E-state index contributed by atoms with van der Waals surface area (Å²) in [5.41, 5.74) is 5.49. The van der Waals surface area contributed by atoms with Crippen molar-refractivity contribution in [2.45, 2.75) is 23.8 Å². The maximum atomic E-state index is 5.54. The summed E-state index contributed by atoms with van der Waals surface area (Å²) in [5, 5.41) is -3.35. The molecule has 0 nitrogen and oxygen atoms in total. The first-order valence-corrected chi connectivity index (χ1v) is 21.5. The molecule has 0 aliphatic rings. The fraction of sp³-hybridized carbons (Fsp3) is 0.172. The van der Waals surface area contributed by atoms with Crippen LogP contribution in [0.4, 0.5) is 0 Å². The third kappa shape index (κ3) is 9.04. The third-order valence-corrected chi connectivity index (χ3v) is 24.5. The Morgan fingerprint density at radius 1 is 0.429 bits per heavy atom. The lowest BCUT2D eigenvalue weighted by atomic mass is 10.2. The van der Waals surface area contributed by atoms with Crippen molar-refractivity contribution in [3.05, 3.63) is 144 Å². The molecule has 0 saturated heterocycles. The van der Waals surface area contributed by atoms with Crippen molar-refractivity contribution >= 4 is 56.9 Å². The van der Waals surface area contributed by atoms with Crippen LogP contribution in [0.15, 0.2) is 121 Å². The number of hydrogen-bond donors (Lipinski definition) is 2. The van der Waals surface area contributed by atoms with Crippen molar-refractivity contribution < 1.29 is 0 Å². The molecule has 0 saturated carbocycles. The molecule has 0 aliphatic heterocycles. The van der Waals surface area contributed by atoms with Crippen LogP contribution in [0.25, 0.3) is 0 Å². The smallest absolute Gasteiger partial charge is 0.0964 e. The van der Waals surface area contributed by atoms with E-state index in [1.807, 2.05) is 0 Å². The quantitative estimate of drug-likeness (QED) is 0.106. The molecule has 4 rings (SSSR count). The van der Waals surface area contributed by atoms with Crippen LogP contribution >= 0.6 is 35.0 Å². The summed E-state index contributed by atoms with van der Waals surface area (Å²) in [6.45, 7) is 0. The molecule has 0 radical (unpaired) electrons. The summed E-state index contributed by atoms with van der Waals surface area (Å²) < 4.78 is 0.